The molecule has 5 nitrogen and oxygen atoms in total. The number of rotatable bonds is 3. The number of carbonyl (C=O) groups is 1. The number of benzene rings is 1. The van der Waals surface area contributed by atoms with E-state index in [-0.39, 0.29) is 12.5 Å². The SMILES string of the molecule is CNC(=O)c1ccc(N2CCC(CO)C2)c(N)c1. The topological polar surface area (TPSA) is 78.6 Å². The zero-order chi connectivity index (χ0) is 13.1. The largest absolute Gasteiger partial charge is 0.397 e. The van der Waals surface area contributed by atoms with Crippen molar-refractivity contribution in [2.75, 3.05) is 37.4 Å². The second kappa shape index (κ2) is 5.27. The Kier molecular flexibility index (Phi) is 3.72. The first-order valence-electron chi connectivity index (χ1n) is 6.13. The molecule has 0 radical (unpaired) electrons. The molecule has 1 saturated heterocycles. The van der Waals surface area contributed by atoms with E-state index in [0.29, 0.717) is 17.2 Å². The van der Waals surface area contributed by atoms with Gasteiger partial charge in [-0.3, -0.25) is 4.79 Å². The zero-order valence-corrected chi connectivity index (χ0v) is 10.5. The number of aliphatic hydroxyl groups excluding tert-OH is 1. The van der Waals surface area contributed by atoms with Crippen LogP contribution in [0.2, 0.25) is 0 Å². The van der Waals surface area contributed by atoms with Gasteiger partial charge in [0.15, 0.2) is 0 Å². The number of nitrogens with zero attached hydrogens (tertiary/aromatic N) is 1. The highest BCUT2D eigenvalue weighted by atomic mass is 16.3. The van der Waals surface area contributed by atoms with Crippen molar-refractivity contribution in [2.24, 2.45) is 5.92 Å². The van der Waals surface area contributed by atoms with Gasteiger partial charge in [-0.1, -0.05) is 0 Å². The van der Waals surface area contributed by atoms with E-state index in [2.05, 4.69) is 10.2 Å². The van der Waals surface area contributed by atoms with Crippen LogP contribution in [-0.2, 0) is 0 Å². The minimum Gasteiger partial charge on any atom is -0.397 e. The molecule has 2 rings (SSSR count). The molecule has 1 heterocycles. The van der Waals surface area contributed by atoms with Crippen molar-refractivity contribution >= 4 is 17.3 Å². The van der Waals surface area contributed by atoms with Gasteiger partial charge < -0.3 is 21.1 Å². The van der Waals surface area contributed by atoms with Gasteiger partial charge in [0.05, 0.1) is 11.4 Å². The Labute approximate surface area is 107 Å². The molecule has 18 heavy (non-hydrogen) atoms. The second-order valence-electron chi connectivity index (χ2n) is 4.64. The molecule has 0 saturated carbocycles. The molecule has 1 aliphatic rings. The van der Waals surface area contributed by atoms with Crippen LogP contribution in [-0.4, -0.2) is 37.8 Å². The van der Waals surface area contributed by atoms with Crippen LogP contribution in [0.15, 0.2) is 18.2 Å². The van der Waals surface area contributed by atoms with E-state index in [9.17, 15) is 4.79 Å². The Morgan fingerprint density at radius 2 is 2.39 bits per heavy atom. The molecule has 0 bridgehead atoms. The van der Waals surface area contributed by atoms with Crippen LogP contribution in [0.5, 0.6) is 0 Å². The minimum atomic E-state index is -0.136. The predicted molar refractivity (Wildman–Crippen MR) is 71.7 cm³/mol. The van der Waals surface area contributed by atoms with Gasteiger partial charge in [0.2, 0.25) is 0 Å². The maximum absolute atomic E-state index is 11.5. The fraction of sp³-hybridized carbons (Fsp3) is 0.462. The number of hydrogen-bond acceptors (Lipinski definition) is 4. The molecular weight excluding hydrogens is 230 g/mol. The minimum absolute atomic E-state index is 0.136. The van der Waals surface area contributed by atoms with Gasteiger partial charge in [-0.15, -0.1) is 0 Å². The predicted octanol–water partition coefficient (Wildman–Crippen LogP) is 0.447. The van der Waals surface area contributed by atoms with E-state index in [1.165, 1.54) is 0 Å². The highest BCUT2D eigenvalue weighted by Gasteiger charge is 2.23. The summed E-state index contributed by atoms with van der Waals surface area (Å²) in [5.74, 6) is 0.186. The van der Waals surface area contributed by atoms with E-state index in [0.717, 1.165) is 25.2 Å². The average molecular weight is 249 g/mol. The molecule has 1 unspecified atom stereocenters. The highest BCUT2D eigenvalue weighted by molar-refractivity contribution is 5.96. The number of amides is 1. The van der Waals surface area contributed by atoms with Crippen molar-refractivity contribution in [1.29, 1.82) is 0 Å². The van der Waals surface area contributed by atoms with Crippen LogP contribution in [0.1, 0.15) is 16.8 Å². The number of nitrogens with one attached hydrogen (secondary N) is 1. The summed E-state index contributed by atoms with van der Waals surface area (Å²) in [6, 6.07) is 5.34. The first-order valence-corrected chi connectivity index (χ1v) is 6.13. The number of nitrogens with two attached hydrogens (primary N) is 1. The van der Waals surface area contributed by atoms with Crippen LogP contribution in [0.4, 0.5) is 11.4 Å². The first-order chi connectivity index (χ1) is 8.65. The molecule has 1 fully saturated rings. The Morgan fingerprint density at radius 1 is 1.61 bits per heavy atom. The number of nitrogen functional groups attached to an aromatic ring is 1. The van der Waals surface area contributed by atoms with Gasteiger partial charge in [0.25, 0.3) is 5.91 Å². The lowest BCUT2D eigenvalue weighted by atomic mass is 10.1. The fourth-order valence-electron chi connectivity index (χ4n) is 2.33. The van der Waals surface area contributed by atoms with Crippen LogP contribution in [0.3, 0.4) is 0 Å². The summed E-state index contributed by atoms with van der Waals surface area (Å²) in [4.78, 5) is 13.6. The lowest BCUT2D eigenvalue weighted by Gasteiger charge is -2.20. The summed E-state index contributed by atoms with van der Waals surface area (Å²) in [5, 5.41) is 11.7. The third kappa shape index (κ3) is 2.41. The average Bonchev–Trinajstić information content (AvgIpc) is 2.86. The van der Waals surface area contributed by atoms with E-state index < -0.39 is 0 Å². The molecule has 1 atom stereocenters. The van der Waals surface area contributed by atoms with Crippen molar-refractivity contribution in [1.82, 2.24) is 5.32 Å². The summed E-state index contributed by atoms with van der Waals surface area (Å²) in [6.07, 6.45) is 0.979. The van der Waals surface area contributed by atoms with Crippen LogP contribution in [0.25, 0.3) is 0 Å². The van der Waals surface area contributed by atoms with Gasteiger partial charge in [-0.2, -0.15) is 0 Å². The summed E-state index contributed by atoms with van der Waals surface area (Å²) in [7, 11) is 1.60. The highest BCUT2D eigenvalue weighted by Crippen LogP contribution is 2.29. The van der Waals surface area contributed by atoms with Crippen LogP contribution >= 0.6 is 0 Å². The maximum atomic E-state index is 11.5. The number of aliphatic hydroxyl groups is 1. The smallest absolute Gasteiger partial charge is 0.251 e. The standard InChI is InChI=1S/C13H19N3O2/c1-15-13(18)10-2-3-12(11(14)6-10)16-5-4-9(7-16)8-17/h2-3,6,9,17H,4-5,7-8,14H2,1H3,(H,15,18). The lowest BCUT2D eigenvalue weighted by Crippen LogP contribution is -2.22. The van der Waals surface area contributed by atoms with E-state index >= 15 is 0 Å². The molecule has 4 N–H and O–H groups in total. The Balaban J connectivity index is 2.18. The lowest BCUT2D eigenvalue weighted by molar-refractivity contribution is 0.0963. The summed E-state index contributed by atoms with van der Waals surface area (Å²) in [5.41, 5.74) is 8.11. The normalized spacial score (nSPS) is 19.0. The molecule has 1 aromatic rings. The van der Waals surface area contributed by atoms with Crippen LogP contribution < -0.4 is 16.0 Å². The number of anilines is 2. The summed E-state index contributed by atoms with van der Waals surface area (Å²) < 4.78 is 0. The fourth-order valence-corrected chi connectivity index (χ4v) is 2.33. The third-order valence-corrected chi connectivity index (χ3v) is 3.40. The number of hydrogen-bond donors (Lipinski definition) is 3. The number of carbonyl (C=O) groups excluding carboxylic acids is 1. The van der Waals surface area contributed by atoms with Gasteiger partial charge >= 0.3 is 0 Å². The van der Waals surface area contributed by atoms with E-state index in [4.69, 9.17) is 10.8 Å². The van der Waals surface area contributed by atoms with Gasteiger partial charge in [-0.25, -0.2) is 0 Å². The van der Waals surface area contributed by atoms with Crippen molar-refractivity contribution < 1.29 is 9.90 Å². The quantitative estimate of drug-likeness (QED) is 0.679. The summed E-state index contributed by atoms with van der Waals surface area (Å²) in [6.45, 7) is 1.93. The van der Waals surface area contributed by atoms with Gasteiger partial charge in [0.1, 0.15) is 0 Å². The van der Waals surface area contributed by atoms with Crippen LogP contribution in [0, 0.1) is 5.92 Å². The van der Waals surface area contributed by atoms with Gasteiger partial charge in [0, 0.05) is 38.2 Å². The van der Waals surface area contributed by atoms with Crippen molar-refractivity contribution in [3.63, 3.8) is 0 Å². The third-order valence-electron chi connectivity index (χ3n) is 3.40. The van der Waals surface area contributed by atoms with E-state index in [1.54, 1.807) is 19.2 Å². The van der Waals surface area contributed by atoms with Crippen molar-refractivity contribution in [3.8, 4) is 0 Å². The van der Waals surface area contributed by atoms with E-state index in [1.807, 2.05) is 6.07 Å². The molecule has 0 spiro atoms. The van der Waals surface area contributed by atoms with Gasteiger partial charge in [-0.05, 0) is 24.6 Å². The van der Waals surface area contributed by atoms with Crippen molar-refractivity contribution in [2.45, 2.75) is 6.42 Å². The van der Waals surface area contributed by atoms with Crippen molar-refractivity contribution in [3.05, 3.63) is 23.8 Å². The molecule has 5 heteroatoms. The molecule has 1 aliphatic heterocycles. The molecule has 0 aliphatic carbocycles. The molecule has 1 amide bonds. The summed E-state index contributed by atoms with van der Waals surface area (Å²) >= 11 is 0. The Bertz CT molecular complexity index is 448. The Hall–Kier alpha value is -1.75. The molecular formula is C13H19N3O2. The molecule has 98 valence electrons. The second-order valence-corrected chi connectivity index (χ2v) is 4.64. The first kappa shape index (κ1) is 12.7. The monoisotopic (exact) mass is 249 g/mol. The zero-order valence-electron chi connectivity index (χ0n) is 10.5. The maximum Gasteiger partial charge on any atom is 0.251 e. The Morgan fingerprint density at radius 3 is 2.94 bits per heavy atom. The molecule has 1 aromatic carbocycles. The molecule has 0 aromatic heterocycles.